The van der Waals surface area contributed by atoms with E-state index in [1.165, 1.54) is 18.2 Å². The number of hydrogen-bond acceptors (Lipinski definition) is 4. The SMILES string of the molecule is N#Cc1ccc(CN[C@H]2CCN(c3c(F)cccc3F)C2)o1. The van der Waals surface area contributed by atoms with Crippen LogP contribution < -0.4 is 10.2 Å². The van der Waals surface area contributed by atoms with Gasteiger partial charge in [-0.25, -0.2) is 8.78 Å². The van der Waals surface area contributed by atoms with Crippen LogP contribution in [0, 0.1) is 23.0 Å². The zero-order valence-corrected chi connectivity index (χ0v) is 11.9. The van der Waals surface area contributed by atoms with Crippen LogP contribution in [0.5, 0.6) is 0 Å². The van der Waals surface area contributed by atoms with Crippen molar-refractivity contribution in [3.8, 4) is 6.07 Å². The number of furan rings is 1. The van der Waals surface area contributed by atoms with Crippen LogP contribution in [-0.4, -0.2) is 19.1 Å². The molecule has 0 radical (unpaired) electrons. The van der Waals surface area contributed by atoms with Gasteiger partial charge in [0.15, 0.2) is 0 Å². The van der Waals surface area contributed by atoms with Gasteiger partial charge in [-0.3, -0.25) is 0 Å². The normalized spacial score (nSPS) is 17.7. The van der Waals surface area contributed by atoms with E-state index in [-0.39, 0.29) is 17.5 Å². The third kappa shape index (κ3) is 2.95. The molecule has 0 saturated carbocycles. The fourth-order valence-corrected chi connectivity index (χ4v) is 2.70. The highest BCUT2D eigenvalue weighted by Crippen LogP contribution is 2.26. The first kappa shape index (κ1) is 14.5. The van der Waals surface area contributed by atoms with Crippen LogP contribution in [-0.2, 0) is 6.54 Å². The van der Waals surface area contributed by atoms with Crippen molar-refractivity contribution >= 4 is 5.69 Å². The lowest BCUT2D eigenvalue weighted by molar-refractivity contribution is 0.449. The summed E-state index contributed by atoms with van der Waals surface area (Å²) in [7, 11) is 0. The van der Waals surface area contributed by atoms with Crippen LogP contribution in [0.15, 0.2) is 34.7 Å². The van der Waals surface area contributed by atoms with Gasteiger partial charge in [-0.2, -0.15) is 5.26 Å². The van der Waals surface area contributed by atoms with E-state index in [2.05, 4.69) is 5.32 Å². The van der Waals surface area contributed by atoms with Gasteiger partial charge in [0, 0.05) is 19.1 Å². The molecular formula is C16H15F2N3O. The lowest BCUT2D eigenvalue weighted by atomic mass is 10.2. The van der Waals surface area contributed by atoms with Gasteiger partial charge in [0.1, 0.15) is 29.2 Å². The highest BCUT2D eigenvalue weighted by Gasteiger charge is 2.26. The van der Waals surface area contributed by atoms with Crippen molar-refractivity contribution in [2.24, 2.45) is 0 Å². The minimum Gasteiger partial charge on any atom is -0.449 e. The topological polar surface area (TPSA) is 52.2 Å². The van der Waals surface area contributed by atoms with Gasteiger partial charge in [-0.15, -0.1) is 0 Å². The third-order valence-corrected chi connectivity index (χ3v) is 3.78. The van der Waals surface area contributed by atoms with Crippen molar-refractivity contribution < 1.29 is 13.2 Å². The molecule has 22 heavy (non-hydrogen) atoms. The monoisotopic (exact) mass is 303 g/mol. The number of nitrogens with one attached hydrogen (secondary N) is 1. The third-order valence-electron chi connectivity index (χ3n) is 3.78. The average Bonchev–Trinajstić information content (AvgIpc) is 3.14. The summed E-state index contributed by atoms with van der Waals surface area (Å²) in [5.74, 6) is -0.124. The molecule has 4 nitrogen and oxygen atoms in total. The van der Waals surface area contributed by atoms with Crippen molar-refractivity contribution in [2.75, 3.05) is 18.0 Å². The van der Waals surface area contributed by atoms with Gasteiger partial charge in [0.25, 0.3) is 0 Å². The highest BCUT2D eigenvalue weighted by atomic mass is 19.1. The Morgan fingerprint density at radius 1 is 1.27 bits per heavy atom. The summed E-state index contributed by atoms with van der Waals surface area (Å²) in [6, 6.07) is 9.32. The molecule has 3 rings (SSSR count). The van der Waals surface area contributed by atoms with Crippen molar-refractivity contribution in [1.29, 1.82) is 5.26 Å². The van der Waals surface area contributed by atoms with Gasteiger partial charge in [-0.05, 0) is 30.7 Å². The van der Waals surface area contributed by atoms with Gasteiger partial charge >= 0.3 is 0 Å². The molecule has 1 saturated heterocycles. The lowest BCUT2D eigenvalue weighted by Crippen LogP contribution is -2.32. The Kier molecular flexibility index (Phi) is 4.07. The number of para-hydroxylation sites is 1. The molecule has 0 aliphatic carbocycles. The van der Waals surface area contributed by atoms with Crippen molar-refractivity contribution in [3.05, 3.63) is 53.5 Å². The summed E-state index contributed by atoms with van der Waals surface area (Å²) < 4.78 is 32.8. The smallest absolute Gasteiger partial charge is 0.203 e. The Bertz CT molecular complexity index is 687. The summed E-state index contributed by atoms with van der Waals surface area (Å²) in [6.45, 7) is 1.61. The van der Waals surface area contributed by atoms with Crippen molar-refractivity contribution in [2.45, 2.75) is 19.0 Å². The Hall–Kier alpha value is -2.39. The zero-order chi connectivity index (χ0) is 15.5. The Morgan fingerprint density at radius 2 is 2.05 bits per heavy atom. The average molecular weight is 303 g/mol. The van der Waals surface area contributed by atoms with E-state index in [0.717, 1.165) is 6.42 Å². The molecule has 0 bridgehead atoms. The van der Waals surface area contributed by atoms with Crippen LogP contribution in [0.25, 0.3) is 0 Å². The second kappa shape index (κ2) is 6.16. The second-order valence-electron chi connectivity index (χ2n) is 5.26. The minimum atomic E-state index is -0.537. The minimum absolute atomic E-state index is 0.0385. The molecule has 2 aromatic rings. The molecule has 0 unspecified atom stereocenters. The first-order valence-corrected chi connectivity index (χ1v) is 7.08. The lowest BCUT2D eigenvalue weighted by Gasteiger charge is -2.20. The van der Waals surface area contributed by atoms with Crippen LogP contribution in [0.2, 0.25) is 0 Å². The fraction of sp³-hybridized carbons (Fsp3) is 0.312. The predicted octanol–water partition coefficient (Wildman–Crippen LogP) is 2.80. The number of benzene rings is 1. The maximum absolute atomic E-state index is 13.8. The van der Waals surface area contributed by atoms with E-state index in [0.29, 0.717) is 25.4 Å². The number of anilines is 1. The molecular weight excluding hydrogens is 288 g/mol. The summed E-state index contributed by atoms with van der Waals surface area (Å²) in [5.41, 5.74) is 0.0385. The predicted molar refractivity (Wildman–Crippen MR) is 77.2 cm³/mol. The number of hydrogen-bond donors (Lipinski definition) is 1. The van der Waals surface area contributed by atoms with Crippen LogP contribution in [0.3, 0.4) is 0 Å². The Labute approximate surface area is 126 Å². The summed E-state index contributed by atoms with van der Waals surface area (Å²) in [6.07, 6.45) is 0.791. The van der Waals surface area contributed by atoms with Crippen LogP contribution >= 0.6 is 0 Å². The quantitative estimate of drug-likeness (QED) is 0.943. The van der Waals surface area contributed by atoms with E-state index < -0.39 is 11.6 Å². The summed E-state index contributed by atoms with van der Waals surface area (Å²) in [4.78, 5) is 1.71. The fourth-order valence-electron chi connectivity index (χ4n) is 2.70. The van der Waals surface area contributed by atoms with E-state index in [1.807, 2.05) is 6.07 Å². The van der Waals surface area contributed by atoms with Crippen LogP contribution in [0.4, 0.5) is 14.5 Å². The highest BCUT2D eigenvalue weighted by molar-refractivity contribution is 5.50. The standard InChI is InChI=1S/C16H15F2N3O/c17-14-2-1-3-15(18)16(14)21-7-6-11(10-21)20-9-13-5-4-12(8-19)22-13/h1-5,11,20H,6-7,9-10H2/t11-/m0/s1. The Balaban J connectivity index is 1.59. The van der Waals surface area contributed by atoms with Gasteiger partial charge in [-0.1, -0.05) is 6.07 Å². The molecule has 1 aliphatic heterocycles. The first-order chi connectivity index (χ1) is 10.7. The van der Waals surface area contributed by atoms with E-state index >= 15 is 0 Å². The zero-order valence-electron chi connectivity index (χ0n) is 11.9. The molecule has 0 amide bonds. The maximum Gasteiger partial charge on any atom is 0.203 e. The summed E-state index contributed by atoms with van der Waals surface area (Å²) >= 11 is 0. The molecule has 1 aromatic heterocycles. The van der Waals surface area contributed by atoms with E-state index in [9.17, 15) is 8.78 Å². The van der Waals surface area contributed by atoms with Gasteiger partial charge in [0.05, 0.1) is 6.54 Å². The molecule has 114 valence electrons. The van der Waals surface area contributed by atoms with E-state index in [1.54, 1.807) is 17.0 Å². The molecule has 1 fully saturated rings. The molecule has 2 heterocycles. The molecule has 1 aliphatic rings. The number of nitriles is 1. The summed E-state index contributed by atoms with van der Waals surface area (Å²) in [5, 5.41) is 12.0. The Morgan fingerprint density at radius 3 is 2.73 bits per heavy atom. The van der Waals surface area contributed by atoms with Crippen molar-refractivity contribution in [3.63, 3.8) is 0 Å². The number of rotatable bonds is 4. The number of nitrogens with zero attached hydrogens (tertiary/aromatic N) is 2. The molecule has 1 aromatic carbocycles. The molecule has 1 atom stereocenters. The molecule has 0 spiro atoms. The van der Waals surface area contributed by atoms with Gasteiger partial charge < -0.3 is 14.6 Å². The first-order valence-electron chi connectivity index (χ1n) is 7.08. The molecule has 6 heteroatoms. The maximum atomic E-state index is 13.8. The van der Waals surface area contributed by atoms with Crippen molar-refractivity contribution in [1.82, 2.24) is 5.32 Å². The number of halogens is 2. The van der Waals surface area contributed by atoms with Crippen LogP contribution in [0.1, 0.15) is 17.9 Å². The van der Waals surface area contributed by atoms with Gasteiger partial charge in [0.2, 0.25) is 5.76 Å². The largest absolute Gasteiger partial charge is 0.449 e. The molecule has 1 N–H and O–H groups in total. The van der Waals surface area contributed by atoms with E-state index in [4.69, 9.17) is 9.68 Å². The second-order valence-corrected chi connectivity index (χ2v) is 5.26.